The molecule has 0 radical (unpaired) electrons. The minimum absolute atomic E-state index is 0.0879. The number of anilines is 3. The van der Waals surface area contributed by atoms with Crippen molar-refractivity contribution in [2.75, 3.05) is 41.4 Å². The Morgan fingerprint density at radius 1 is 1.34 bits per heavy atom. The van der Waals surface area contributed by atoms with Crippen molar-refractivity contribution in [2.24, 2.45) is 0 Å². The van der Waals surface area contributed by atoms with Gasteiger partial charge in [0, 0.05) is 25.4 Å². The van der Waals surface area contributed by atoms with Crippen molar-refractivity contribution in [3.8, 4) is 5.75 Å². The van der Waals surface area contributed by atoms with E-state index in [2.05, 4.69) is 20.2 Å². The van der Waals surface area contributed by atoms with Crippen LogP contribution in [0.25, 0.3) is 0 Å². The summed E-state index contributed by atoms with van der Waals surface area (Å²) in [5.41, 5.74) is 1.49. The molecule has 3 aliphatic rings. The maximum absolute atomic E-state index is 13.5. The van der Waals surface area contributed by atoms with Gasteiger partial charge in [0.05, 0.1) is 18.3 Å². The number of rotatable bonds is 5. The molecule has 0 spiro atoms. The number of fused-ring (bicyclic) bond motifs is 4. The molecule has 35 heavy (non-hydrogen) atoms. The van der Waals surface area contributed by atoms with Gasteiger partial charge in [-0.05, 0) is 51.3 Å². The van der Waals surface area contributed by atoms with Gasteiger partial charge in [-0.2, -0.15) is 0 Å². The number of piperidine rings is 1. The third-order valence-corrected chi connectivity index (χ3v) is 6.38. The van der Waals surface area contributed by atoms with Gasteiger partial charge in [-0.25, -0.2) is 19.6 Å². The van der Waals surface area contributed by atoms with Crippen LogP contribution in [0.5, 0.6) is 5.75 Å². The number of carbonyl (C=O) groups is 2. The predicted molar refractivity (Wildman–Crippen MR) is 127 cm³/mol. The van der Waals surface area contributed by atoms with Crippen LogP contribution in [0, 0.1) is 6.92 Å². The minimum atomic E-state index is -1.13. The topological polar surface area (TPSA) is 126 Å². The molecule has 11 nitrogen and oxygen atoms in total. The molecule has 2 aromatic heterocycles. The van der Waals surface area contributed by atoms with Crippen molar-refractivity contribution >= 4 is 29.3 Å². The number of ether oxygens (including phenoxy) is 3. The fourth-order valence-electron chi connectivity index (χ4n) is 4.89. The molecule has 3 aliphatic heterocycles. The SMILES string of the molecule is Cc1cc(C(=O)O)nc2c1N1CCC[C@@H](C1)N2C(=O)Nc1cc(OC[C@H]2COC(C)(C)O2)ccn1. The predicted octanol–water partition coefficient (Wildman–Crippen LogP) is 3.03. The number of aryl methyl sites for hydroxylation is 1. The number of carbonyl (C=O) groups excluding carboxylic acids is 1. The highest BCUT2D eigenvalue weighted by Crippen LogP contribution is 2.40. The number of carboxylic acid groups (broad SMARTS) is 1. The van der Waals surface area contributed by atoms with Gasteiger partial charge < -0.3 is 24.2 Å². The number of hydrogen-bond acceptors (Lipinski definition) is 8. The lowest BCUT2D eigenvalue weighted by molar-refractivity contribution is -0.141. The molecular weight excluding hydrogens is 454 g/mol. The van der Waals surface area contributed by atoms with E-state index in [1.807, 2.05) is 20.8 Å². The second-order valence-corrected chi connectivity index (χ2v) is 9.48. The fraction of sp³-hybridized carbons (Fsp3) is 0.500. The summed E-state index contributed by atoms with van der Waals surface area (Å²) >= 11 is 0. The third kappa shape index (κ3) is 4.73. The Kier molecular flexibility index (Phi) is 5.97. The molecule has 186 valence electrons. The molecule has 0 saturated carbocycles. The zero-order valence-electron chi connectivity index (χ0n) is 20.0. The summed E-state index contributed by atoms with van der Waals surface area (Å²) < 4.78 is 17.2. The molecule has 0 unspecified atom stereocenters. The number of amides is 2. The smallest absolute Gasteiger partial charge is 0.354 e. The fourth-order valence-corrected chi connectivity index (χ4v) is 4.89. The molecule has 5 heterocycles. The second kappa shape index (κ2) is 8.97. The Hall–Kier alpha value is -3.44. The van der Waals surface area contributed by atoms with E-state index in [0.717, 1.165) is 30.6 Å². The monoisotopic (exact) mass is 483 g/mol. The van der Waals surface area contributed by atoms with Crippen LogP contribution in [0.2, 0.25) is 0 Å². The van der Waals surface area contributed by atoms with Crippen molar-refractivity contribution in [1.82, 2.24) is 9.97 Å². The maximum Gasteiger partial charge on any atom is 0.354 e. The van der Waals surface area contributed by atoms with Crippen LogP contribution in [-0.4, -0.2) is 71.3 Å². The molecule has 2 fully saturated rings. The molecule has 5 rings (SSSR count). The van der Waals surface area contributed by atoms with Crippen LogP contribution in [0.15, 0.2) is 24.4 Å². The van der Waals surface area contributed by atoms with Crippen molar-refractivity contribution < 1.29 is 28.9 Å². The molecule has 2 N–H and O–H groups in total. The molecule has 0 aliphatic carbocycles. The number of aromatic carboxylic acids is 1. The molecule has 2 bridgehead atoms. The first-order valence-corrected chi connectivity index (χ1v) is 11.7. The Bertz CT molecular complexity index is 1160. The van der Waals surface area contributed by atoms with Gasteiger partial charge in [0.2, 0.25) is 0 Å². The van der Waals surface area contributed by atoms with Gasteiger partial charge in [-0.1, -0.05) is 0 Å². The Morgan fingerprint density at radius 3 is 2.91 bits per heavy atom. The summed E-state index contributed by atoms with van der Waals surface area (Å²) in [5, 5.41) is 12.4. The summed E-state index contributed by atoms with van der Waals surface area (Å²) in [6.45, 7) is 7.83. The van der Waals surface area contributed by atoms with E-state index in [4.69, 9.17) is 14.2 Å². The lowest BCUT2D eigenvalue weighted by atomic mass is 9.98. The van der Waals surface area contributed by atoms with Crippen LogP contribution in [0.3, 0.4) is 0 Å². The molecule has 0 aromatic carbocycles. The third-order valence-electron chi connectivity index (χ3n) is 6.38. The molecule has 2 atom stereocenters. The first-order chi connectivity index (χ1) is 16.7. The Labute approximate surface area is 203 Å². The highest BCUT2D eigenvalue weighted by molar-refractivity contribution is 6.05. The maximum atomic E-state index is 13.5. The van der Waals surface area contributed by atoms with Crippen molar-refractivity contribution in [2.45, 2.75) is 51.5 Å². The first kappa shape index (κ1) is 23.3. The average Bonchev–Trinajstić information content (AvgIpc) is 3.16. The molecule has 2 aromatic rings. The standard InChI is InChI=1S/C24H29N5O6/c1-14-9-18(22(30)31)26-21-20(14)28-8-4-5-15(11-28)29(21)23(32)27-19-10-16(6-7-25-19)33-12-17-13-34-24(2,3)35-17/h6-7,9-10,15,17H,4-5,8,11-13H2,1-3H3,(H,30,31)(H,25,27,32)/t15-,17-/m0/s1. The van der Waals surface area contributed by atoms with E-state index in [-0.39, 0.29) is 17.8 Å². The number of hydrogen-bond donors (Lipinski definition) is 2. The lowest BCUT2D eigenvalue weighted by Crippen LogP contribution is -2.56. The normalized spacial score (nSPS) is 22.5. The second-order valence-electron chi connectivity index (χ2n) is 9.48. The summed E-state index contributed by atoms with van der Waals surface area (Å²) in [6, 6.07) is 4.37. The number of nitrogens with zero attached hydrogens (tertiary/aromatic N) is 4. The Morgan fingerprint density at radius 2 is 2.17 bits per heavy atom. The van der Waals surface area contributed by atoms with E-state index in [9.17, 15) is 14.7 Å². The van der Waals surface area contributed by atoms with Crippen LogP contribution < -0.4 is 19.9 Å². The van der Waals surface area contributed by atoms with E-state index in [0.29, 0.717) is 37.1 Å². The van der Waals surface area contributed by atoms with Crippen LogP contribution in [-0.2, 0) is 9.47 Å². The zero-order valence-corrected chi connectivity index (χ0v) is 20.0. The average molecular weight is 484 g/mol. The van der Waals surface area contributed by atoms with Gasteiger partial charge >= 0.3 is 12.0 Å². The van der Waals surface area contributed by atoms with Gasteiger partial charge in [0.1, 0.15) is 24.3 Å². The van der Waals surface area contributed by atoms with E-state index in [1.54, 1.807) is 29.3 Å². The molecule has 11 heteroatoms. The largest absolute Gasteiger partial charge is 0.491 e. The highest BCUT2D eigenvalue weighted by Gasteiger charge is 2.40. The highest BCUT2D eigenvalue weighted by atomic mass is 16.7. The number of nitrogens with one attached hydrogen (secondary N) is 1. The van der Waals surface area contributed by atoms with E-state index < -0.39 is 17.8 Å². The molecular formula is C24H29N5O6. The molecule has 2 amide bonds. The zero-order chi connectivity index (χ0) is 24.7. The number of aromatic nitrogens is 2. The van der Waals surface area contributed by atoms with Crippen molar-refractivity contribution in [1.29, 1.82) is 0 Å². The lowest BCUT2D eigenvalue weighted by Gasteiger charge is -2.46. The number of pyridine rings is 2. The minimum Gasteiger partial charge on any atom is -0.491 e. The summed E-state index contributed by atoms with van der Waals surface area (Å²) in [7, 11) is 0. The number of carboxylic acids is 1. The summed E-state index contributed by atoms with van der Waals surface area (Å²) in [5.74, 6) is -0.536. The van der Waals surface area contributed by atoms with Gasteiger partial charge in [0.15, 0.2) is 17.3 Å². The summed E-state index contributed by atoms with van der Waals surface area (Å²) in [4.78, 5) is 37.5. The Balaban J connectivity index is 1.35. The number of urea groups is 1. The van der Waals surface area contributed by atoms with Crippen LogP contribution >= 0.6 is 0 Å². The van der Waals surface area contributed by atoms with Gasteiger partial charge in [-0.15, -0.1) is 0 Å². The van der Waals surface area contributed by atoms with Gasteiger partial charge in [-0.3, -0.25) is 10.2 Å². The van der Waals surface area contributed by atoms with E-state index in [1.165, 1.54) is 0 Å². The van der Waals surface area contributed by atoms with E-state index >= 15 is 0 Å². The quantitative estimate of drug-likeness (QED) is 0.660. The summed E-state index contributed by atoms with van der Waals surface area (Å²) in [6.07, 6.45) is 3.10. The first-order valence-electron chi connectivity index (χ1n) is 11.7. The molecule has 2 saturated heterocycles. The van der Waals surface area contributed by atoms with Gasteiger partial charge in [0.25, 0.3) is 0 Å². The van der Waals surface area contributed by atoms with Crippen molar-refractivity contribution in [3.05, 3.63) is 35.7 Å². The van der Waals surface area contributed by atoms with Crippen LogP contribution in [0.1, 0.15) is 42.7 Å². The van der Waals surface area contributed by atoms with Crippen molar-refractivity contribution in [3.63, 3.8) is 0 Å². The van der Waals surface area contributed by atoms with Crippen LogP contribution in [0.4, 0.5) is 22.1 Å².